The number of benzene rings is 1. The highest BCUT2D eigenvalue weighted by molar-refractivity contribution is 6.31. The van der Waals surface area contributed by atoms with Crippen LogP contribution in [0.25, 0.3) is 11.3 Å². The van der Waals surface area contributed by atoms with Crippen LogP contribution in [0.4, 0.5) is 5.69 Å². The Morgan fingerprint density at radius 1 is 1.22 bits per heavy atom. The molecular weight excluding hydrogens is 254 g/mol. The standard InChI is InChI=1S/C12H10ClN3O2/c1-7-3-4-9(5-8(7)2)10-11(16(17)18)12(13)15-6-14-10/h3-6H,1-2H3. The van der Waals surface area contributed by atoms with Crippen molar-refractivity contribution in [3.63, 3.8) is 0 Å². The van der Waals surface area contributed by atoms with Crippen molar-refractivity contribution < 1.29 is 4.92 Å². The third-order valence-electron chi connectivity index (χ3n) is 2.74. The molecule has 5 nitrogen and oxygen atoms in total. The average Bonchev–Trinajstić information content (AvgIpc) is 2.32. The van der Waals surface area contributed by atoms with Gasteiger partial charge in [0.05, 0.1) is 4.92 Å². The van der Waals surface area contributed by atoms with E-state index in [-0.39, 0.29) is 16.5 Å². The Hall–Kier alpha value is -2.01. The highest BCUT2D eigenvalue weighted by Gasteiger charge is 2.22. The normalized spacial score (nSPS) is 10.4. The molecule has 0 radical (unpaired) electrons. The zero-order valence-corrected chi connectivity index (χ0v) is 10.6. The van der Waals surface area contributed by atoms with E-state index in [9.17, 15) is 10.1 Å². The first-order chi connectivity index (χ1) is 8.50. The number of aromatic nitrogens is 2. The van der Waals surface area contributed by atoms with Gasteiger partial charge in [-0.1, -0.05) is 23.7 Å². The van der Waals surface area contributed by atoms with E-state index in [1.807, 2.05) is 26.0 Å². The zero-order valence-electron chi connectivity index (χ0n) is 9.85. The summed E-state index contributed by atoms with van der Waals surface area (Å²) in [5.74, 6) is 0. The van der Waals surface area contributed by atoms with Crippen molar-refractivity contribution in [3.05, 3.63) is 50.9 Å². The Kier molecular flexibility index (Phi) is 3.25. The molecule has 0 saturated carbocycles. The summed E-state index contributed by atoms with van der Waals surface area (Å²) in [6.45, 7) is 3.91. The number of nitro groups is 1. The van der Waals surface area contributed by atoms with Crippen LogP contribution in [-0.4, -0.2) is 14.9 Å². The molecule has 0 amide bonds. The lowest BCUT2D eigenvalue weighted by Crippen LogP contribution is -1.98. The van der Waals surface area contributed by atoms with E-state index < -0.39 is 4.92 Å². The molecule has 0 aliphatic carbocycles. The van der Waals surface area contributed by atoms with Gasteiger partial charge >= 0.3 is 5.69 Å². The van der Waals surface area contributed by atoms with Crippen LogP contribution in [0.15, 0.2) is 24.5 Å². The second-order valence-corrected chi connectivity index (χ2v) is 4.28. The quantitative estimate of drug-likeness (QED) is 0.473. The van der Waals surface area contributed by atoms with Gasteiger partial charge in [-0.05, 0) is 31.0 Å². The summed E-state index contributed by atoms with van der Waals surface area (Å²) < 4.78 is 0. The summed E-state index contributed by atoms with van der Waals surface area (Å²) in [7, 11) is 0. The molecule has 2 rings (SSSR count). The molecule has 0 fully saturated rings. The second kappa shape index (κ2) is 4.70. The van der Waals surface area contributed by atoms with Gasteiger partial charge in [-0.15, -0.1) is 0 Å². The van der Waals surface area contributed by atoms with E-state index in [0.29, 0.717) is 5.56 Å². The van der Waals surface area contributed by atoms with E-state index in [1.165, 1.54) is 6.33 Å². The Labute approximate surface area is 109 Å². The molecule has 0 saturated heterocycles. The van der Waals surface area contributed by atoms with Gasteiger partial charge in [-0.2, -0.15) is 0 Å². The fraction of sp³-hybridized carbons (Fsp3) is 0.167. The number of halogens is 1. The molecule has 92 valence electrons. The lowest BCUT2D eigenvalue weighted by atomic mass is 10.0. The van der Waals surface area contributed by atoms with Gasteiger partial charge in [0.2, 0.25) is 5.15 Å². The Bertz CT molecular complexity index is 629. The third-order valence-corrected chi connectivity index (χ3v) is 3.02. The molecule has 0 aliphatic heterocycles. The number of hydrogen-bond donors (Lipinski definition) is 0. The topological polar surface area (TPSA) is 68.9 Å². The Morgan fingerprint density at radius 3 is 2.56 bits per heavy atom. The zero-order chi connectivity index (χ0) is 13.3. The maximum absolute atomic E-state index is 11.0. The number of rotatable bonds is 2. The summed E-state index contributed by atoms with van der Waals surface area (Å²) in [5, 5.41) is 10.9. The number of aryl methyl sites for hydroxylation is 2. The van der Waals surface area contributed by atoms with Gasteiger partial charge < -0.3 is 0 Å². The van der Waals surface area contributed by atoms with Crippen molar-refractivity contribution in [1.82, 2.24) is 9.97 Å². The SMILES string of the molecule is Cc1ccc(-c2ncnc(Cl)c2[N+](=O)[O-])cc1C. The van der Waals surface area contributed by atoms with E-state index in [4.69, 9.17) is 11.6 Å². The number of hydrogen-bond acceptors (Lipinski definition) is 4. The first-order valence-corrected chi connectivity index (χ1v) is 5.61. The lowest BCUT2D eigenvalue weighted by Gasteiger charge is -2.05. The van der Waals surface area contributed by atoms with E-state index >= 15 is 0 Å². The molecule has 0 bridgehead atoms. The summed E-state index contributed by atoms with van der Waals surface area (Å²) in [6, 6.07) is 5.53. The average molecular weight is 264 g/mol. The van der Waals surface area contributed by atoms with Crippen LogP contribution in [0.3, 0.4) is 0 Å². The predicted molar refractivity (Wildman–Crippen MR) is 68.6 cm³/mol. The molecule has 1 aromatic heterocycles. The number of nitrogens with zero attached hydrogens (tertiary/aromatic N) is 3. The van der Waals surface area contributed by atoms with Crippen LogP contribution < -0.4 is 0 Å². The molecule has 6 heteroatoms. The highest BCUT2D eigenvalue weighted by Crippen LogP contribution is 2.32. The maximum Gasteiger partial charge on any atom is 0.332 e. The fourth-order valence-corrected chi connectivity index (χ4v) is 1.82. The summed E-state index contributed by atoms with van der Waals surface area (Å²) >= 11 is 5.75. The lowest BCUT2D eigenvalue weighted by molar-refractivity contribution is -0.384. The van der Waals surface area contributed by atoms with Crippen LogP contribution in [0.2, 0.25) is 5.15 Å². The van der Waals surface area contributed by atoms with Crippen LogP contribution in [0, 0.1) is 24.0 Å². The summed E-state index contributed by atoms with van der Waals surface area (Å²) in [6.07, 6.45) is 1.22. The van der Waals surface area contributed by atoms with E-state index in [0.717, 1.165) is 11.1 Å². The van der Waals surface area contributed by atoms with Crippen molar-refractivity contribution in [2.45, 2.75) is 13.8 Å². The molecule has 2 aromatic rings. The Morgan fingerprint density at radius 2 is 1.94 bits per heavy atom. The van der Waals surface area contributed by atoms with Crippen LogP contribution >= 0.6 is 11.6 Å². The van der Waals surface area contributed by atoms with Crippen LogP contribution in [0.1, 0.15) is 11.1 Å². The van der Waals surface area contributed by atoms with Gasteiger partial charge in [-0.3, -0.25) is 10.1 Å². The fourth-order valence-electron chi connectivity index (χ4n) is 1.62. The van der Waals surface area contributed by atoms with Gasteiger partial charge in [0, 0.05) is 5.56 Å². The molecular formula is C12H10ClN3O2. The van der Waals surface area contributed by atoms with Crippen molar-refractivity contribution in [1.29, 1.82) is 0 Å². The molecule has 1 heterocycles. The van der Waals surface area contributed by atoms with Gasteiger partial charge in [0.25, 0.3) is 0 Å². The third kappa shape index (κ3) is 2.17. The van der Waals surface area contributed by atoms with Crippen LogP contribution in [-0.2, 0) is 0 Å². The summed E-state index contributed by atoms with van der Waals surface area (Å²) in [5.41, 5.74) is 2.79. The van der Waals surface area contributed by atoms with E-state index in [1.54, 1.807) is 6.07 Å². The van der Waals surface area contributed by atoms with Crippen molar-refractivity contribution in [3.8, 4) is 11.3 Å². The second-order valence-electron chi connectivity index (χ2n) is 3.92. The van der Waals surface area contributed by atoms with Gasteiger partial charge in [-0.25, -0.2) is 9.97 Å². The molecule has 0 unspecified atom stereocenters. The molecule has 0 atom stereocenters. The van der Waals surface area contributed by atoms with Gasteiger partial charge in [0.15, 0.2) is 5.69 Å². The monoisotopic (exact) mass is 263 g/mol. The first-order valence-electron chi connectivity index (χ1n) is 5.23. The predicted octanol–water partition coefficient (Wildman–Crippen LogP) is 3.32. The first kappa shape index (κ1) is 12.4. The Balaban J connectivity index is 2.67. The summed E-state index contributed by atoms with van der Waals surface area (Å²) in [4.78, 5) is 18.0. The minimum Gasteiger partial charge on any atom is -0.258 e. The molecule has 0 N–H and O–H groups in total. The minimum absolute atomic E-state index is 0.150. The largest absolute Gasteiger partial charge is 0.332 e. The smallest absolute Gasteiger partial charge is 0.258 e. The molecule has 1 aromatic carbocycles. The van der Waals surface area contributed by atoms with Crippen molar-refractivity contribution in [2.24, 2.45) is 0 Å². The van der Waals surface area contributed by atoms with Crippen molar-refractivity contribution >= 4 is 17.3 Å². The molecule has 18 heavy (non-hydrogen) atoms. The van der Waals surface area contributed by atoms with E-state index in [2.05, 4.69) is 9.97 Å². The molecule has 0 aliphatic rings. The highest BCUT2D eigenvalue weighted by atomic mass is 35.5. The molecule has 0 spiro atoms. The minimum atomic E-state index is -0.563. The van der Waals surface area contributed by atoms with Gasteiger partial charge in [0.1, 0.15) is 6.33 Å². The van der Waals surface area contributed by atoms with Crippen LogP contribution in [0.5, 0.6) is 0 Å². The maximum atomic E-state index is 11.0. The van der Waals surface area contributed by atoms with Crippen molar-refractivity contribution in [2.75, 3.05) is 0 Å².